The van der Waals surface area contributed by atoms with Gasteiger partial charge >= 0.3 is 5.63 Å². The van der Waals surface area contributed by atoms with E-state index in [4.69, 9.17) is 4.42 Å². The van der Waals surface area contributed by atoms with Crippen molar-refractivity contribution in [1.82, 2.24) is 15.0 Å². The van der Waals surface area contributed by atoms with Crippen molar-refractivity contribution in [3.63, 3.8) is 0 Å². The molecule has 0 aliphatic heterocycles. The summed E-state index contributed by atoms with van der Waals surface area (Å²) < 4.78 is 5.48. The van der Waals surface area contributed by atoms with Gasteiger partial charge in [-0.15, -0.1) is 10.2 Å². The van der Waals surface area contributed by atoms with Crippen molar-refractivity contribution in [2.75, 3.05) is 5.32 Å². The summed E-state index contributed by atoms with van der Waals surface area (Å²) in [5.41, 5.74) is 6.65. The highest BCUT2D eigenvalue weighted by Gasteiger charge is 2.14. The average Bonchev–Trinajstić information content (AvgIpc) is 3.38. The molecule has 7 heteroatoms. The summed E-state index contributed by atoms with van der Waals surface area (Å²) in [4.78, 5) is 27.5. The van der Waals surface area contributed by atoms with Crippen molar-refractivity contribution in [2.45, 2.75) is 33.1 Å². The van der Waals surface area contributed by atoms with Crippen LogP contribution in [0.2, 0.25) is 0 Å². The van der Waals surface area contributed by atoms with Gasteiger partial charge < -0.3 is 9.73 Å². The number of amides is 1. The molecule has 2 heterocycles. The Morgan fingerprint density at radius 1 is 0.900 bits per heavy atom. The van der Waals surface area contributed by atoms with Gasteiger partial charge in [-0.05, 0) is 85.0 Å². The molecule has 0 spiro atoms. The Morgan fingerprint density at radius 3 is 2.48 bits per heavy atom. The molecule has 6 rings (SSSR count). The first-order chi connectivity index (χ1) is 19.5. The van der Waals surface area contributed by atoms with Crippen molar-refractivity contribution >= 4 is 33.6 Å². The van der Waals surface area contributed by atoms with Crippen LogP contribution in [0.1, 0.15) is 41.3 Å². The first kappa shape index (κ1) is 25.2. The van der Waals surface area contributed by atoms with Crippen LogP contribution in [-0.4, -0.2) is 20.9 Å². The van der Waals surface area contributed by atoms with E-state index in [0.717, 1.165) is 28.6 Å². The van der Waals surface area contributed by atoms with E-state index < -0.39 is 5.63 Å². The lowest BCUT2D eigenvalue weighted by Gasteiger charge is -2.09. The number of carbonyl (C=O) groups is 1. The van der Waals surface area contributed by atoms with Crippen LogP contribution in [-0.2, 0) is 6.42 Å². The zero-order chi connectivity index (χ0) is 27.6. The number of nitrogens with one attached hydrogen (secondary N) is 1. The molecule has 0 saturated heterocycles. The zero-order valence-corrected chi connectivity index (χ0v) is 22.3. The summed E-state index contributed by atoms with van der Waals surface area (Å²) in [5, 5.41) is 13.1. The van der Waals surface area contributed by atoms with Crippen LogP contribution in [0.4, 0.5) is 5.69 Å². The Bertz CT molecular complexity index is 1920. The van der Waals surface area contributed by atoms with E-state index in [0.29, 0.717) is 33.5 Å². The lowest BCUT2D eigenvalue weighted by atomic mass is 10.0. The minimum Gasteiger partial charge on any atom is -0.422 e. The lowest BCUT2D eigenvalue weighted by molar-refractivity contribution is 0.102. The zero-order valence-electron chi connectivity index (χ0n) is 22.3. The fourth-order valence-electron chi connectivity index (χ4n) is 4.78. The molecule has 0 atom stereocenters. The predicted octanol–water partition coefficient (Wildman–Crippen LogP) is 7.10. The Balaban J connectivity index is 1.25. The van der Waals surface area contributed by atoms with Gasteiger partial charge in [0, 0.05) is 16.6 Å². The van der Waals surface area contributed by atoms with Gasteiger partial charge in [0.1, 0.15) is 16.6 Å². The molecule has 1 amide bonds. The molecular formula is C33H28N4O3. The number of benzene rings is 4. The Labute approximate surface area is 231 Å². The third kappa shape index (κ3) is 5.01. The number of rotatable bonds is 7. The van der Waals surface area contributed by atoms with E-state index >= 15 is 0 Å². The van der Waals surface area contributed by atoms with Crippen molar-refractivity contribution < 1.29 is 9.21 Å². The lowest BCUT2D eigenvalue weighted by Crippen LogP contribution is -2.13. The summed E-state index contributed by atoms with van der Waals surface area (Å²) in [6, 6.07) is 28.2. The number of para-hydroxylation sites is 1. The molecule has 0 fully saturated rings. The molecule has 0 aliphatic carbocycles. The van der Waals surface area contributed by atoms with Gasteiger partial charge in [0.05, 0.1) is 11.3 Å². The number of nitrogens with zero attached hydrogens (tertiary/aromatic N) is 3. The van der Waals surface area contributed by atoms with E-state index in [1.54, 1.807) is 41.2 Å². The molecule has 198 valence electrons. The topological polar surface area (TPSA) is 90.0 Å². The second-order valence-electron chi connectivity index (χ2n) is 9.94. The number of aromatic nitrogens is 3. The van der Waals surface area contributed by atoms with E-state index in [2.05, 4.69) is 34.6 Å². The Kier molecular flexibility index (Phi) is 6.70. The summed E-state index contributed by atoms with van der Waals surface area (Å²) in [5.74, 6) is -0.287. The standard InChI is InChI=1S/C33H28N4O3/c1-3-4-8-22-13-15-26(16-14-22)37-35-29-17-21(2)28(20-30(29)36-37)34-32(38)25-11-7-10-23(18-25)27-19-24-9-5-6-12-31(24)40-33(27)39/h5-7,9-20H,3-4,8H2,1-2H3,(H,34,38). The highest BCUT2D eigenvalue weighted by molar-refractivity contribution is 6.06. The summed E-state index contributed by atoms with van der Waals surface area (Å²) >= 11 is 0. The fourth-order valence-corrected chi connectivity index (χ4v) is 4.78. The molecule has 7 nitrogen and oxygen atoms in total. The van der Waals surface area contributed by atoms with E-state index in [-0.39, 0.29) is 5.91 Å². The van der Waals surface area contributed by atoms with Crippen molar-refractivity contribution in [2.24, 2.45) is 0 Å². The van der Waals surface area contributed by atoms with Crippen LogP contribution in [0, 0.1) is 6.92 Å². The maximum absolute atomic E-state index is 13.3. The van der Waals surface area contributed by atoms with Gasteiger partial charge in [0.2, 0.25) is 0 Å². The number of unbranched alkanes of at least 4 members (excludes halogenated alkanes) is 1. The van der Waals surface area contributed by atoms with Crippen LogP contribution in [0.25, 0.3) is 38.8 Å². The monoisotopic (exact) mass is 528 g/mol. The van der Waals surface area contributed by atoms with Crippen molar-refractivity contribution in [3.8, 4) is 16.8 Å². The highest BCUT2D eigenvalue weighted by Crippen LogP contribution is 2.25. The van der Waals surface area contributed by atoms with Gasteiger partial charge in [-0.3, -0.25) is 4.79 Å². The van der Waals surface area contributed by atoms with Gasteiger partial charge in [0.25, 0.3) is 5.91 Å². The highest BCUT2D eigenvalue weighted by atomic mass is 16.4. The van der Waals surface area contributed by atoms with Crippen molar-refractivity contribution in [3.05, 3.63) is 118 Å². The Hall–Kier alpha value is -5.04. The first-order valence-corrected chi connectivity index (χ1v) is 13.4. The van der Waals surface area contributed by atoms with Gasteiger partial charge in [-0.25, -0.2) is 4.79 Å². The molecule has 0 aliphatic rings. The number of hydrogen-bond donors (Lipinski definition) is 1. The number of anilines is 1. The number of hydrogen-bond acceptors (Lipinski definition) is 5. The molecular weight excluding hydrogens is 500 g/mol. The molecule has 1 N–H and O–H groups in total. The second kappa shape index (κ2) is 10.6. The Morgan fingerprint density at radius 2 is 1.68 bits per heavy atom. The van der Waals surface area contributed by atoms with Gasteiger partial charge in [-0.2, -0.15) is 4.80 Å². The van der Waals surface area contributed by atoms with E-state index in [1.807, 2.05) is 49.4 Å². The second-order valence-corrected chi connectivity index (χ2v) is 9.94. The average molecular weight is 529 g/mol. The molecule has 40 heavy (non-hydrogen) atoms. The van der Waals surface area contributed by atoms with Crippen molar-refractivity contribution in [1.29, 1.82) is 0 Å². The summed E-state index contributed by atoms with van der Waals surface area (Å²) in [7, 11) is 0. The number of carbonyl (C=O) groups excluding carboxylic acids is 1. The molecule has 0 saturated carbocycles. The molecule has 4 aromatic carbocycles. The minimum absolute atomic E-state index is 0.287. The van der Waals surface area contributed by atoms with Crippen LogP contribution in [0.5, 0.6) is 0 Å². The SMILES string of the molecule is CCCCc1ccc(-n2nc3cc(C)c(NC(=O)c4cccc(-c5cc6ccccc6oc5=O)c4)cc3n2)cc1. The number of fused-ring (bicyclic) bond motifs is 2. The predicted molar refractivity (Wildman–Crippen MR) is 158 cm³/mol. The van der Waals surface area contributed by atoms with Crippen LogP contribution < -0.4 is 10.9 Å². The third-order valence-corrected chi connectivity index (χ3v) is 7.04. The van der Waals surface area contributed by atoms with E-state index in [1.165, 1.54) is 18.4 Å². The molecule has 2 aromatic heterocycles. The summed E-state index contributed by atoms with van der Waals surface area (Å²) in [6.07, 6.45) is 3.39. The molecule has 6 aromatic rings. The van der Waals surface area contributed by atoms with Crippen LogP contribution in [0.15, 0.2) is 100 Å². The van der Waals surface area contributed by atoms with E-state index in [9.17, 15) is 9.59 Å². The minimum atomic E-state index is -0.448. The summed E-state index contributed by atoms with van der Waals surface area (Å²) in [6.45, 7) is 4.11. The van der Waals surface area contributed by atoms with Gasteiger partial charge in [-0.1, -0.05) is 55.8 Å². The first-order valence-electron chi connectivity index (χ1n) is 13.4. The number of aryl methyl sites for hydroxylation is 2. The third-order valence-electron chi connectivity index (χ3n) is 7.04. The van der Waals surface area contributed by atoms with Crippen LogP contribution >= 0.6 is 0 Å². The quantitative estimate of drug-likeness (QED) is 0.223. The maximum Gasteiger partial charge on any atom is 0.344 e. The smallest absolute Gasteiger partial charge is 0.344 e. The fraction of sp³-hybridized carbons (Fsp3) is 0.152. The molecule has 0 radical (unpaired) electrons. The maximum atomic E-state index is 13.3. The molecule has 0 unspecified atom stereocenters. The molecule has 0 bridgehead atoms. The van der Waals surface area contributed by atoms with Gasteiger partial charge in [0.15, 0.2) is 0 Å². The largest absolute Gasteiger partial charge is 0.422 e. The normalized spacial score (nSPS) is 11.2. The van der Waals surface area contributed by atoms with Crippen LogP contribution in [0.3, 0.4) is 0 Å².